The molecule has 1 N–H and O–H groups in total. The summed E-state index contributed by atoms with van der Waals surface area (Å²) < 4.78 is 1.96. The molecule has 0 radical (unpaired) electrons. The molecule has 2 aromatic heterocycles. The predicted molar refractivity (Wildman–Crippen MR) is 113 cm³/mol. The molecule has 1 aromatic carbocycles. The molecule has 0 saturated carbocycles. The summed E-state index contributed by atoms with van der Waals surface area (Å²) in [5, 5.41) is 12.6. The molecule has 0 unspecified atom stereocenters. The van der Waals surface area contributed by atoms with Crippen molar-refractivity contribution in [2.24, 2.45) is 4.99 Å². The Balaban J connectivity index is 1.63. The monoisotopic (exact) mass is 410 g/mol. The van der Waals surface area contributed by atoms with Crippen LogP contribution < -0.4 is 5.32 Å². The topological polar surface area (TPSA) is 85.1 Å². The van der Waals surface area contributed by atoms with Crippen LogP contribution in [-0.4, -0.2) is 48.4 Å². The van der Waals surface area contributed by atoms with Gasteiger partial charge in [0.2, 0.25) is 5.91 Å². The highest BCUT2D eigenvalue weighted by Gasteiger charge is 2.23. The second-order valence-electron chi connectivity index (χ2n) is 6.00. The fraction of sp³-hybridized carbons (Fsp3) is 0.211. The van der Waals surface area contributed by atoms with Crippen LogP contribution in [0.4, 0.5) is 0 Å². The van der Waals surface area contributed by atoms with Crippen molar-refractivity contribution in [3.8, 4) is 17.1 Å². The molecular formula is C19H18N6OS2. The van der Waals surface area contributed by atoms with Gasteiger partial charge in [-0.1, -0.05) is 41.7 Å². The zero-order valence-electron chi connectivity index (χ0n) is 15.1. The Morgan fingerprint density at radius 2 is 1.96 bits per heavy atom. The van der Waals surface area contributed by atoms with Gasteiger partial charge in [0.1, 0.15) is 0 Å². The van der Waals surface area contributed by atoms with E-state index >= 15 is 0 Å². The third-order valence-corrected chi connectivity index (χ3v) is 5.99. The standard InChI is InChI=1S/C19H18N6OS2/c1-13(17(26)22-18-21-11-12-27-18)28-19-24-23-16(14-7-9-20-10-8-14)25(19)15-5-3-2-4-6-15/h2-10,13H,11-12H2,1H3,(H,21,22,26)/t13-/m1/s1. The van der Waals surface area contributed by atoms with Crippen LogP contribution >= 0.6 is 23.5 Å². The lowest BCUT2D eigenvalue weighted by Crippen LogP contribution is -2.34. The first-order valence-electron chi connectivity index (χ1n) is 8.78. The number of carbonyl (C=O) groups is 1. The molecule has 0 saturated heterocycles. The highest BCUT2D eigenvalue weighted by Crippen LogP contribution is 2.30. The summed E-state index contributed by atoms with van der Waals surface area (Å²) in [6.45, 7) is 2.61. The number of amides is 1. The number of carbonyl (C=O) groups excluding carboxylic acids is 1. The minimum atomic E-state index is -0.346. The largest absolute Gasteiger partial charge is 0.304 e. The lowest BCUT2D eigenvalue weighted by molar-refractivity contribution is -0.118. The van der Waals surface area contributed by atoms with E-state index in [9.17, 15) is 4.79 Å². The molecule has 9 heteroatoms. The van der Waals surface area contributed by atoms with E-state index in [4.69, 9.17) is 0 Å². The lowest BCUT2D eigenvalue weighted by atomic mass is 10.2. The molecule has 0 fully saturated rings. The summed E-state index contributed by atoms with van der Waals surface area (Å²) in [6.07, 6.45) is 3.45. The molecule has 7 nitrogen and oxygen atoms in total. The SMILES string of the molecule is C[C@@H](Sc1nnc(-c2ccncc2)n1-c1ccccc1)C(=O)NC1=NCCS1. The van der Waals surface area contributed by atoms with Gasteiger partial charge in [-0.25, -0.2) is 0 Å². The molecule has 1 aliphatic heterocycles. The van der Waals surface area contributed by atoms with Gasteiger partial charge in [0, 0.05) is 29.4 Å². The first kappa shape index (κ1) is 18.7. The molecule has 4 rings (SSSR count). The minimum absolute atomic E-state index is 0.0915. The highest BCUT2D eigenvalue weighted by molar-refractivity contribution is 8.14. The molecule has 0 bridgehead atoms. The molecular weight excluding hydrogens is 392 g/mol. The van der Waals surface area contributed by atoms with Gasteiger partial charge in [-0.05, 0) is 31.2 Å². The number of nitrogens with zero attached hydrogens (tertiary/aromatic N) is 5. The summed E-state index contributed by atoms with van der Waals surface area (Å²) in [5.74, 6) is 1.53. The van der Waals surface area contributed by atoms with Gasteiger partial charge in [-0.3, -0.25) is 19.3 Å². The highest BCUT2D eigenvalue weighted by atomic mass is 32.2. The fourth-order valence-corrected chi connectivity index (χ4v) is 4.27. The van der Waals surface area contributed by atoms with Crippen molar-refractivity contribution in [1.82, 2.24) is 25.1 Å². The molecule has 142 valence electrons. The Bertz CT molecular complexity index is 990. The maximum Gasteiger partial charge on any atom is 0.239 e. The molecule has 1 aliphatic rings. The van der Waals surface area contributed by atoms with Crippen molar-refractivity contribution in [3.63, 3.8) is 0 Å². The van der Waals surface area contributed by atoms with Crippen LogP contribution in [-0.2, 0) is 4.79 Å². The predicted octanol–water partition coefficient (Wildman–Crippen LogP) is 3.03. The summed E-state index contributed by atoms with van der Waals surface area (Å²) in [5.41, 5.74) is 1.84. The van der Waals surface area contributed by atoms with E-state index in [1.54, 1.807) is 24.2 Å². The van der Waals surface area contributed by atoms with Crippen molar-refractivity contribution in [3.05, 3.63) is 54.9 Å². The molecule has 3 heterocycles. The van der Waals surface area contributed by atoms with E-state index in [0.717, 1.165) is 23.5 Å². The number of nitrogens with one attached hydrogen (secondary N) is 1. The van der Waals surface area contributed by atoms with E-state index in [2.05, 4.69) is 25.5 Å². The molecule has 28 heavy (non-hydrogen) atoms. The van der Waals surface area contributed by atoms with Gasteiger partial charge in [-0.15, -0.1) is 10.2 Å². The number of hydrogen-bond acceptors (Lipinski definition) is 7. The van der Waals surface area contributed by atoms with Crippen molar-refractivity contribution in [1.29, 1.82) is 0 Å². The van der Waals surface area contributed by atoms with E-state index in [-0.39, 0.29) is 11.2 Å². The number of thioether (sulfide) groups is 2. The number of aromatic nitrogens is 4. The molecule has 3 aromatic rings. The molecule has 0 spiro atoms. The van der Waals surface area contributed by atoms with Crippen LogP contribution in [0.25, 0.3) is 17.1 Å². The zero-order chi connectivity index (χ0) is 19.3. The van der Waals surface area contributed by atoms with Gasteiger partial charge < -0.3 is 5.32 Å². The number of aliphatic imine (C=N–C) groups is 1. The number of para-hydroxylation sites is 1. The number of pyridine rings is 1. The maximum atomic E-state index is 12.5. The Hall–Kier alpha value is -2.65. The number of benzene rings is 1. The normalized spacial score (nSPS) is 14.5. The summed E-state index contributed by atoms with van der Waals surface area (Å²) in [7, 11) is 0. The van der Waals surface area contributed by atoms with Crippen LogP contribution in [0.1, 0.15) is 6.92 Å². The van der Waals surface area contributed by atoms with E-state index < -0.39 is 0 Å². The van der Waals surface area contributed by atoms with E-state index in [1.165, 1.54) is 11.8 Å². The van der Waals surface area contributed by atoms with Crippen LogP contribution in [0.3, 0.4) is 0 Å². The zero-order valence-corrected chi connectivity index (χ0v) is 16.8. The second kappa shape index (κ2) is 8.57. The van der Waals surface area contributed by atoms with Gasteiger partial charge in [0.25, 0.3) is 0 Å². The van der Waals surface area contributed by atoms with Gasteiger partial charge in [0.05, 0.1) is 11.8 Å². The number of amidine groups is 1. The Kier molecular flexibility index (Phi) is 5.73. The quantitative estimate of drug-likeness (QED) is 0.651. The Morgan fingerprint density at radius 1 is 1.18 bits per heavy atom. The average molecular weight is 411 g/mol. The van der Waals surface area contributed by atoms with Crippen molar-refractivity contribution in [2.45, 2.75) is 17.3 Å². The van der Waals surface area contributed by atoms with Crippen LogP contribution in [0, 0.1) is 0 Å². The maximum absolute atomic E-state index is 12.5. The van der Waals surface area contributed by atoms with Gasteiger partial charge in [-0.2, -0.15) is 0 Å². The molecule has 1 amide bonds. The van der Waals surface area contributed by atoms with Crippen LogP contribution in [0.2, 0.25) is 0 Å². The van der Waals surface area contributed by atoms with Crippen molar-refractivity contribution < 1.29 is 4.79 Å². The summed E-state index contributed by atoms with van der Waals surface area (Å²) in [4.78, 5) is 20.9. The van der Waals surface area contributed by atoms with Crippen molar-refractivity contribution >= 4 is 34.6 Å². The van der Waals surface area contributed by atoms with Gasteiger partial charge >= 0.3 is 0 Å². The lowest BCUT2D eigenvalue weighted by Gasteiger charge is -2.13. The number of hydrogen-bond donors (Lipinski definition) is 1. The average Bonchev–Trinajstić information content (AvgIpc) is 3.39. The Labute approximate surface area is 171 Å². The third-order valence-electron chi connectivity index (χ3n) is 4.05. The fourth-order valence-electron chi connectivity index (χ4n) is 2.67. The van der Waals surface area contributed by atoms with Crippen molar-refractivity contribution in [2.75, 3.05) is 12.3 Å². The first-order valence-corrected chi connectivity index (χ1v) is 10.6. The molecule has 1 atom stereocenters. The van der Waals surface area contributed by atoms with E-state index in [1.807, 2.05) is 54.0 Å². The number of rotatable bonds is 5. The Morgan fingerprint density at radius 3 is 2.68 bits per heavy atom. The van der Waals surface area contributed by atoms with E-state index in [0.29, 0.717) is 16.1 Å². The van der Waals surface area contributed by atoms with Gasteiger partial charge in [0.15, 0.2) is 16.1 Å². The summed E-state index contributed by atoms with van der Waals surface area (Å²) >= 11 is 2.93. The molecule has 0 aliphatic carbocycles. The first-order chi connectivity index (χ1) is 13.7. The smallest absolute Gasteiger partial charge is 0.239 e. The summed E-state index contributed by atoms with van der Waals surface area (Å²) in [6, 6.07) is 13.7. The second-order valence-corrected chi connectivity index (χ2v) is 8.39. The minimum Gasteiger partial charge on any atom is -0.304 e. The van der Waals surface area contributed by atoms with Crippen LogP contribution in [0.15, 0.2) is 65.0 Å². The third kappa shape index (κ3) is 4.10. The van der Waals surface area contributed by atoms with Crippen LogP contribution in [0.5, 0.6) is 0 Å².